The summed E-state index contributed by atoms with van der Waals surface area (Å²) >= 11 is 3.10. The van der Waals surface area contributed by atoms with Crippen LogP contribution in [0.25, 0.3) is 5.57 Å². The molecule has 0 saturated carbocycles. The van der Waals surface area contributed by atoms with Gasteiger partial charge in [-0.25, -0.2) is 14.2 Å². The van der Waals surface area contributed by atoms with E-state index in [4.69, 9.17) is 4.74 Å². The molecule has 1 aromatic heterocycles. The Morgan fingerprint density at radius 3 is 2.83 bits per heavy atom. The Morgan fingerprint density at radius 2 is 2.12 bits per heavy atom. The van der Waals surface area contributed by atoms with E-state index in [0.717, 1.165) is 17.6 Å². The molecule has 4 nitrogen and oxygen atoms in total. The second-order valence-corrected chi connectivity index (χ2v) is 6.20. The molecule has 1 atom stereocenters. The van der Waals surface area contributed by atoms with Crippen molar-refractivity contribution in [3.05, 3.63) is 58.5 Å². The van der Waals surface area contributed by atoms with Crippen molar-refractivity contribution in [1.82, 2.24) is 10.4 Å². The zero-order valence-electron chi connectivity index (χ0n) is 13.2. The number of nitrogens with one attached hydrogen (secondary N) is 1. The first-order chi connectivity index (χ1) is 11.5. The number of hydrogen-bond donors (Lipinski definition) is 1. The summed E-state index contributed by atoms with van der Waals surface area (Å²) in [5.74, 6) is -0.667. The average Bonchev–Trinajstić information content (AvgIpc) is 3.02. The first-order valence-electron chi connectivity index (χ1n) is 7.45. The molecular formula is C17H16BrF2N3O. The van der Waals surface area contributed by atoms with Crippen molar-refractivity contribution >= 4 is 27.2 Å². The van der Waals surface area contributed by atoms with Gasteiger partial charge in [-0.1, -0.05) is 6.92 Å². The minimum atomic E-state index is -0.654. The molecule has 0 bridgehead atoms. The number of aromatic nitrogens is 1. The molecule has 3 rings (SSSR count). The summed E-state index contributed by atoms with van der Waals surface area (Å²) in [6, 6.07) is 4.33. The Hall–Kier alpha value is -1.99. The van der Waals surface area contributed by atoms with Crippen LogP contribution in [0.1, 0.15) is 18.9 Å². The van der Waals surface area contributed by atoms with Crippen molar-refractivity contribution in [3.8, 4) is 5.75 Å². The maximum atomic E-state index is 14.4. The normalized spacial score (nSPS) is 17.1. The highest BCUT2D eigenvalue weighted by Crippen LogP contribution is 2.34. The predicted octanol–water partition coefficient (Wildman–Crippen LogP) is 4.28. The van der Waals surface area contributed by atoms with E-state index < -0.39 is 11.6 Å². The molecule has 1 unspecified atom stereocenters. The largest absolute Gasteiger partial charge is 0.495 e. The van der Waals surface area contributed by atoms with Crippen LogP contribution in [0.2, 0.25) is 0 Å². The van der Waals surface area contributed by atoms with Gasteiger partial charge in [0.1, 0.15) is 11.4 Å². The molecule has 0 radical (unpaired) electrons. The second-order valence-electron chi connectivity index (χ2n) is 5.35. The smallest absolute Gasteiger partial charge is 0.165 e. The molecule has 0 saturated heterocycles. The molecule has 2 aromatic rings. The zero-order chi connectivity index (χ0) is 17.3. The molecule has 1 aromatic carbocycles. The van der Waals surface area contributed by atoms with Crippen LogP contribution in [0.3, 0.4) is 0 Å². The molecule has 7 heteroatoms. The van der Waals surface area contributed by atoms with E-state index in [1.165, 1.54) is 17.1 Å². The van der Waals surface area contributed by atoms with Gasteiger partial charge in [-0.05, 0) is 46.1 Å². The van der Waals surface area contributed by atoms with Crippen molar-refractivity contribution in [2.45, 2.75) is 19.4 Å². The van der Waals surface area contributed by atoms with Gasteiger partial charge in [0, 0.05) is 18.0 Å². The van der Waals surface area contributed by atoms with Crippen molar-refractivity contribution < 1.29 is 13.5 Å². The monoisotopic (exact) mass is 395 g/mol. The van der Waals surface area contributed by atoms with E-state index >= 15 is 0 Å². The summed E-state index contributed by atoms with van der Waals surface area (Å²) < 4.78 is 33.9. The molecule has 0 spiro atoms. The molecule has 1 aliphatic heterocycles. The first-order valence-corrected chi connectivity index (χ1v) is 8.24. The Morgan fingerprint density at radius 1 is 1.33 bits per heavy atom. The highest BCUT2D eigenvalue weighted by atomic mass is 79.9. The SMILES string of the molecule is CCC1NN(c2c(F)ccc(Br)c2F)C=C1c1cncc(OC)c1. The van der Waals surface area contributed by atoms with Gasteiger partial charge in [0.25, 0.3) is 0 Å². The van der Waals surface area contributed by atoms with Crippen molar-refractivity contribution in [3.63, 3.8) is 0 Å². The lowest BCUT2D eigenvalue weighted by Gasteiger charge is -2.21. The van der Waals surface area contributed by atoms with Gasteiger partial charge in [0.05, 0.1) is 23.8 Å². The zero-order valence-corrected chi connectivity index (χ0v) is 14.8. The Balaban J connectivity index is 2.04. The van der Waals surface area contributed by atoms with Gasteiger partial charge in [-0.15, -0.1) is 0 Å². The lowest BCUT2D eigenvalue weighted by atomic mass is 10.0. The summed E-state index contributed by atoms with van der Waals surface area (Å²) in [6.45, 7) is 2.00. The van der Waals surface area contributed by atoms with Crippen LogP contribution in [0.5, 0.6) is 5.75 Å². The van der Waals surface area contributed by atoms with Crippen LogP contribution in [-0.4, -0.2) is 18.1 Å². The van der Waals surface area contributed by atoms with Gasteiger partial charge in [-0.3, -0.25) is 9.99 Å². The van der Waals surface area contributed by atoms with E-state index in [0.29, 0.717) is 5.75 Å². The molecule has 24 heavy (non-hydrogen) atoms. The summed E-state index contributed by atoms with van der Waals surface area (Å²) in [5, 5.41) is 1.39. The number of rotatable bonds is 4. The molecule has 1 N–H and O–H groups in total. The van der Waals surface area contributed by atoms with Crippen LogP contribution >= 0.6 is 15.9 Å². The summed E-state index contributed by atoms with van der Waals surface area (Å²) in [7, 11) is 1.57. The number of hydrogen-bond acceptors (Lipinski definition) is 4. The molecular weight excluding hydrogens is 380 g/mol. The molecule has 0 aliphatic carbocycles. The Labute approximate surface area is 147 Å². The molecule has 2 heterocycles. The topological polar surface area (TPSA) is 37.4 Å². The van der Waals surface area contributed by atoms with Gasteiger partial charge >= 0.3 is 0 Å². The lowest BCUT2D eigenvalue weighted by molar-refractivity contribution is 0.412. The van der Waals surface area contributed by atoms with Crippen LogP contribution in [0, 0.1) is 11.6 Å². The third kappa shape index (κ3) is 3.01. The quantitative estimate of drug-likeness (QED) is 0.784. The van der Waals surface area contributed by atoms with Crippen LogP contribution < -0.4 is 15.2 Å². The maximum absolute atomic E-state index is 14.4. The number of ether oxygens (including phenoxy) is 1. The Kier molecular flexibility index (Phi) is 4.82. The van der Waals surface area contributed by atoms with Gasteiger partial charge in [0.15, 0.2) is 11.6 Å². The van der Waals surface area contributed by atoms with Crippen LogP contribution in [-0.2, 0) is 0 Å². The third-order valence-electron chi connectivity index (χ3n) is 3.89. The van der Waals surface area contributed by atoms with Gasteiger partial charge in [-0.2, -0.15) is 0 Å². The number of benzene rings is 1. The number of anilines is 1. The fourth-order valence-electron chi connectivity index (χ4n) is 2.65. The van der Waals surface area contributed by atoms with E-state index in [2.05, 4.69) is 26.3 Å². The van der Waals surface area contributed by atoms with Gasteiger partial charge < -0.3 is 4.74 Å². The number of halogens is 3. The summed E-state index contributed by atoms with van der Waals surface area (Å²) in [6.07, 6.45) is 5.75. The van der Waals surface area contributed by atoms with Crippen molar-refractivity contribution in [2.75, 3.05) is 12.1 Å². The predicted molar refractivity (Wildman–Crippen MR) is 92.5 cm³/mol. The third-order valence-corrected chi connectivity index (χ3v) is 4.50. The van der Waals surface area contributed by atoms with Crippen molar-refractivity contribution in [2.24, 2.45) is 0 Å². The highest BCUT2D eigenvalue weighted by Gasteiger charge is 2.28. The molecule has 0 fully saturated rings. The van der Waals surface area contributed by atoms with Crippen LogP contribution in [0.15, 0.2) is 41.3 Å². The molecule has 1 aliphatic rings. The van der Waals surface area contributed by atoms with E-state index in [1.54, 1.807) is 25.7 Å². The second kappa shape index (κ2) is 6.86. The summed E-state index contributed by atoms with van der Waals surface area (Å²) in [5.41, 5.74) is 4.71. The van der Waals surface area contributed by atoms with E-state index in [9.17, 15) is 8.78 Å². The van der Waals surface area contributed by atoms with Crippen molar-refractivity contribution in [1.29, 1.82) is 0 Å². The number of methoxy groups -OCH3 is 1. The van der Waals surface area contributed by atoms with E-state index in [-0.39, 0.29) is 16.2 Å². The first kappa shape index (κ1) is 16.9. The average molecular weight is 396 g/mol. The van der Waals surface area contributed by atoms with Gasteiger partial charge in [0.2, 0.25) is 0 Å². The Bertz CT molecular complexity index is 797. The highest BCUT2D eigenvalue weighted by molar-refractivity contribution is 9.10. The molecule has 0 amide bonds. The number of hydrazine groups is 1. The maximum Gasteiger partial charge on any atom is 0.165 e. The minimum Gasteiger partial charge on any atom is -0.495 e. The number of nitrogens with zero attached hydrogens (tertiary/aromatic N) is 2. The minimum absolute atomic E-state index is 0.0864. The summed E-state index contributed by atoms with van der Waals surface area (Å²) in [4.78, 5) is 4.15. The lowest BCUT2D eigenvalue weighted by Crippen LogP contribution is -2.36. The number of pyridine rings is 1. The van der Waals surface area contributed by atoms with Crippen LogP contribution in [0.4, 0.5) is 14.5 Å². The molecule has 126 valence electrons. The standard InChI is InChI=1S/C17H16BrF2N3O/c1-3-15-12(10-6-11(24-2)8-21-7-10)9-23(22-15)17-14(19)5-4-13(18)16(17)20/h4-9,15,22H,3H2,1-2H3. The fourth-order valence-corrected chi connectivity index (χ4v) is 2.97. The fraction of sp³-hybridized carbons (Fsp3) is 0.235. The van der Waals surface area contributed by atoms with E-state index in [1.807, 2.05) is 13.0 Å².